The molecule has 0 fully saturated rings. The summed E-state index contributed by atoms with van der Waals surface area (Å²) >= 11 is 0. The van der Waals surface area contributed by atoms with Gasteiger partial charge in [0.2, 0.25) is 0 Å². The van der Waals surface area contributed by atoms with Gasteiger partial charge in [-0.05, 0) is 51.4 Å². The minimum Gasteiger partial charge on any atom is -0.462 e. The lowest BCUT2D eigenvalue weighted by atomic mass is 10.0. The van der Waals surface area contributed by atoms with Gasteiger partial charge >= 0.3 is 11.9 Å². The molecule has 0 spiro atoms. The van der Waals surface area contributed by atoms with Crippen molar-refractivity contribution in [1.82, 2.24) is 0 Å². The summed E-state index contributed by atoms with van der Waals surface area (Å²) in [6, 6.07) is 0. The van der Waals surface area contributed by atoms with E-state index in [2.05, 4.69) is 45.1 Å². The molecule has 5 heteroatoms. The number of esters is 2. The molecule has 0 aliphatic heterocycles. The van der Waals surface area contributed by atoms with Gasteiger partial charge in [-0.1, -0.05) is 270 Å². The van der Waals surface area contributed by atoms with E-state index in [0.717, 1.165) is 38.5 Å². The predicted octanol–water partition coefficient (Wildman–Crippen LogP) is 19.2. The molecule has 0 aliphatic carbocycles. The van der Waals surface area contributed by atoms with Gasteiger partial charge < -0.3 is 14.2 Å². The van der Waals surface area contributed by atoms with E-state index in [1.54, 1.807) is 0 Å². The second-order valence-corrected chi connectivity index (χ2v) is 19.2. The summed E-state index contributed by atoms with van der Waals surface area (Å²) in [5.74, 6) is -0.380. The van der Waals surface area contributed by atoms with Crippen molar-refractivity contribution in [3.63, 3.8) is 0 Å². The first-order chi connectivity index (χ1) is 31.1. The van der Waals surface area contributed by atoms with Crippen molar-refractivity contribution in [3.05, 3.63) is 24.3 Å². The molecule has 0 rings (SSSR count). The van der Waals surface area contributed by atoms with E-state index in [4.69, 9.17) is 14.2 Å². The molecule has 0 aromatic heterocycles. The van der Waals surface area contributed by atoms with Gasteiger partial charge in [0.05, 0.1) is 6.61 Å². The van der Waals surface area contributed by atoms with Gasteiger partial charge in [-0.25, -0.2) is 0 Å². The van der Waals surface area contributed by atoms with E-state index in [1.165, 1.54) is 238 Å². The van der Waals surface area contributed by atoms with Gasteiger partial charge in [-0.15, -0.1) is 0 Å². The van der Waals surface area contributed by atoms with E-state index in [1.807, 2.05) is 0 Å². The summed E-state index contributed by atoms with van der Waals surface area (Å²) in [4.78, 5) is 25.5. The van der Waals surface area contributed by atoms with Crippen LogP contribution in [0.5, 0.6) is 0 Å². The first kappa shape index (κ1) is 61.4. The van der Waals surface area contributed by atoms with Crippen LogP contribution in [0.25, 0.3) is 0 Å². The Morgan fingerprint density at radius 3 is 1.08 bits per heavy atom. The normalized spacial score (nSPS) is 12.2. The van der Waals surface area contributed by atoms with Crippen LogP contribution in [0.1, 0.15) is 310 Å². The van der Waals surface area contributed by atoms with Crippen LogP contribution in [0.15, 0.2) is 24.3 Å². The van der Waals surface area contributed by atoms with Gasteiger partial charge in [0, 0.05) is 19.4 Å². The minimum atomic E-state index is -0.530. The standard InChI is InChI=1S/C58H110O5/c1-4-7-10-13-16-19-22-25-27-29-30-31-32-34-37-40-43-46-49-52-58(60)63-56(55-62-57(59)51-48-45-42-39-36-24-21-18-15-12-9-6-3)54-61-53-50-47-44-41-38-35-33-28-26-23-20-17-14-11-8-5-2/h16,19,25,27,56H,4-15,17-18,20-24,26,28-55H2,1-3H3/b19-16-,27-25-/t56-/m1/s1. The molecule has 63 heavy (non-hydrogen) atoms. The largest absolute Gasteiger partial charge is 0.462 e. The van der Waals surface area contributed by atoms with Crippen molar-refractivity contribution in [3.8, 4) is 0 Å². The van der Waals surface area contributed by atoms with Crippen molar-refractivity contribution >= 4 is 11.9 Å². The fraction of sp³-hybridized carbons (Fsp3) is 0.897. The second-order valence-electron chi connectivity index (χ2n) is 19.2. The Hall–Kier alpha value is -1.62. The molecule has 372 valence electrons. The van der Waals surface area contributed by atoms with Gasteiger partial charge in [0.25, 0.3) is 0 Å². The van der Waals surface area contributed by atoms with Crippen molar-refractivity contribution in [2.24, 2.45) is 0 Å². The number of unbranched alkanes of at least 4 members (excludes halogenated alkanes) is 38. The Kier molecular flexibility index (Phi) is 53.3. The monoisotopic (exact) mass is 887 g/mol. The number of carbonyl (C=O) groups excluding carboxylic acids is 2. The van der Waals surface area contributed by atoms with Crippen LogP contribution in [0.4, 0.5) is 0 Å². The Bertz CT molecular complexity index is 959. The molecule has 5 nitrogen and oxygen atoms in total. The third-order valence-electron chi connectivity index (χ3n) is 12.7. The van der Waals surface area contributed by atoms with Crippen LogP contribution in [-0.4, -0.2) is 37.9 Å². The van der Waals surface area contributed by atoms with Crippen LogP contribution in [0.3, 0.4) is 0 Å². The molecule has 0 saturated carbocycles. The summed E-state index contributed by atoms with van der Waals surface area (Å²) in [6.45, 7) is 7.87. The highest BCUT2D eigenvalue weighted by atomic mass is 16.6. The second kappa shape index (κ2) is 54.7. The maximum atomic E-state index is 12.8. The van der Waals surface area contributed by atoms with E-state index < -0.39 is 6.10 Å². The Morgan fingerprint density at radius 1 is 0.349 bits per heavy atom. The molecule has 0 radical (unpaired) electrons. The SMILES string of the molecule is CCCCC/C=C\C/C=C\CCCCCCCCCCCC(=O)O[C@H](COCCCCCCCCCCCCCCCCCC)COC(=O)CCCCCCCCCCCCCC. The maximum absolute atomic E-state index is 12.8. The lowest BCUT2D eigenvalue weighted by Crippen LogP contribution is -2.30. The van der Waals surface area contributed by atoms with E-state index in [0.29, 0.717) is 26.1 Å². The van der Waals surface area contributed by atoms with Crippen LogP contribution < -0.4 is 0 Å². The number of rotatable bonds is 53. The zero-order chi connectivity index (χ0) is 45.6. The quantitative estimate of drug-likeness (QED) is 0.0346. The van der Waals surface area contributed by atoms with Crippen molar-refractivity contribution < 1.29 is 23.8 Å². The average molecular weight is 888 g/mol. The predicted molar refractivity (Wildman–Crippen MR) is 275 cm³/mol. The van der Waals surface area contributed by atoms with Crippen molar-refractivity contribution in [2.75, 3.05) is 19.8 Å². The fourth-order valence-electron chi connectivity index (χ4n) is 8.48. The third kappa shape index (κ3) is 52.9. The molecular weight excluding hydrogens is 777 g/mol. The van der Waals surface area contributed by atoms with Crippen molar-refractivity contribution in [2.45, 2.75) is 316 Å². The maximum Gasteiger partial charge on any atom is 0.306 e. The molecule has 0 aliphatic rings. The molecule has 1 atom stereocenters. The van der Waals surface area contributed by atoms with Crippen LogP contribution in [-0.2, 0) is 23.8 Å². The average Bonchev–Trinajstić information content (AvgIpc) is 3.28. The highest BCUT2D eigenvalue weighted by Gasteiger charge is 2.17. The summed E-state index contributed by atoms with van der Waals surface area (Å²) in [5, 5.41) is 0. The van der Waals surface area contributed by atoms with Gasteiger partial charge in [-0.2, -0.15) is 0 Å². The van der Waals surface area contributed by atoms with Crippen LogP contribution >= 0.6 is 0 Å². The van der Waals surface area contributed by atoms with E-state index >= 15 is 0 Å². The number of allylic oxidation sites excluding steroid dienone is 4. The summed E-state index contributed by atoms with van der Waals surface area (Å²) in [5.41, 5.74) is 0. The molecular formula is C58H110O5. The molecule has 0 aromatic rings. The summed E-state index contributed by atoms with van der Waals surface area (Å²) < 4.78 is 17.5. The number of carbonyl (C=O) groups is 2. The van der Waals surface area contributed by atoms with Crippen molar-refractivity contribution in [1.29, 1.82) is 0 Å². The Balaban J connectivity index is 4.20. The van der Waals surface area contributed by atoms with Crippen LogP contribution in [0, 0.1) is 0 Å². The summed E-state index contributed by atoms with van der Waals surface area (Å²) in [7, 11) is 0. The van der Waals surface area contributed by atoms with Gasteiger partial charge in [-0.3, -0.25) is 9.59 Å². The molecule has 0 unspecified atom stereocenters. The Morgan fingerprint density at radius 2 is 0.667 bits per heavy atom. The Labute approximate surface area is 394 Å². The molecule has 0 N–H and O–H groups in total. The molecule has 0 aromatic carbocycles. The smallest absolute Gasteiger partial charge is 0.306 e. The number of hydrogen-bond donors (Lipinski definition) is 0. The zero-order valence-corrected chi connectivity index (χ0v) is 42.9. The molecule has 0 amide bonds. The highest BCUT2D eigenvalue weighted by Crippen LogP contribution is 2.16. The van der Waals surface area contributed by atoms with Crippen LogP contribution in [0.2, 0.25) is 0 Å². The summed E-state index contributed by atoms with van der Waals surface area (Å²) in [6.07, 6.45) is 64.8. The third-order valence-corrected chi connectivity index (χ3v) is 12.7. The lowest BCUT2D eigenvalue weighted by molar-refractivity contribution is -0.163. The first-order valence-electron chi connectivity index (χ1n) is 28.4. The fourth-order valence-corrected chi connectivity index (χ4v) is 8.48. The molecule has 0 bridgehead atoms. The van der Waals surface area contributed by atoms with Gasteiger partial charge in [0.1, 0.15) is 6.61 Å². The molecule has 0 heterocycles. The topological polar surface area (TPSA) is 61.8 Å². The lowest BCUT2D eigenvalue weighted by Gasteiger charge is -2.18. The number of hydrogen-bond acceptors (Lipinski definition) is 5. The number of ether oxygens (including phenoxy) is 3. The van der Waals surface area contributed by atoms with E-state index in [-0.39, 0.29) is 18.5 Å². The molecule has 0 saturated heterocycles. The first-order valence-corrected chi connectivity index (χ1v) is 28.4. The highest BCUT2D eigenvalue weighted by molar-refractivity contribution is 5.70. The zero-order valence-electron chi connectivity index (χ0n) is 42.9. The minimum absolute atomic E-state index is 0.0919. The van der Waals surface area contributed by atoms with E-state index in [9.17, 15) is 9.59 Å². The van der Waals surface area contributed by atoms with Gasteiger partial charge in [0.15, 0.2) is 6.10 Å².